The quantitative estimate of drug-likeness (QED) is 0.819. The van der Waals surface area contributed by atoms with Crippen LogP contribution >= 0.6 is 0 Å². The molecule has 0 aliphatic carbocycles. The maximum Gasteiger partial charge on any atom is 0.273 e. The van der Waals surface area contributed by atoms with Crippen LogP contribution in [0.3, 0.4) is 0 Å². The average Bonchev–Trinajstić information content (AvgIpc) is 2.91. The van der Waals surface area contributed by atoms with Gasteiger partial charge >= 0.3 is 0 Å². The fraction of sp³-hybridized carbons (Fsp3) is 0.714. The molecule has 2 heterocycles. The molecule has 120 valence electrons. The highest BCUT2D eigenvalue weighted by Gasteiger charge is 2.31. The zero-order valence-corrected chi connectivity index (χ0v) is 13.8. The molecule has 2 rings (SSSR count). The van der Waals surface area contributed by atoms with E-state index in [0.717, 1.165) is 25.9 Å². The highest BCUT2D eigenvalue weighted by molar-refractivity contribution is 7.89. The van der Waals surface area contributed by atoms with E-state index in [1.165, 1.54) is 6.07 Å². The fourth-order valence-electron chi connectivity index (χ4n) is 2.45. The van der Waals surface area contributed by atoms with Crippen molar-refractivity contribution in [2.45, 2.75) is 31.4 Å². The Morgan fingerprint density at radius 2 is 2.00 bits per heavy atom. The molecule has 1 fully saturated rings. The maximum absolute atomic E-state index is 12.3. The first-order chi connectivity index (χ1) is 9.85. The highest BCUT2D eigenvalue weighted by Crippen LogP contribution is 2.30. The molecule has 1 saturated heterocycles. The third-order valence-corrected chi connectivity index (χ3v) is 5.41. The number of sulfonamides is 1. The number of nitrogens with one attached hydrogen (secondary N) is 2. The van der Waals surface area contributed by atoms with Gasteiger partial charge < -0.3 is 14.6 Å². The molecule has 1 aliphatic rings. The Balaban J connectivity index is 1.97. The lowest BCUT2D eigenvalue weighted by atomic mass is 9.81. The van der Waals surface area contributed by atoms with E-state index in [0.29, 0.717) is 18.8 Å². The van der Waals surface area contributed by atoms with Crippen LogP contribution in [0.4, 0.5) is 0 Å². The molecule has 2 N–H and O–H groups in total. The van der Waals surface area contributed by atoms with Gasteiger partial charge in [0.25, 0.3) is 10.0 Å². The molecule has 0 saturated carbocycles. The Hall–Kier alpha value is -0.890. The van der Waals surface area contributed by atoms with Gasteiger partial charge in [0.15, 0.2) is 0 Å². The minimum absolute atomic E-state index is 0.00993. The summed E-state index contributed by atoms with van der Waals surface area (Å²) in [5, 5.41) is 2.92. The first-order valence-electron chi connectivity index (χ1n) is 7.26. The van der Waals surface area contributed by atoms with Crippen LogP contribution in [0.1, 0.15) is 25.5 Å². The van der Waals surface area contributed by atoms with Crippen LogP contribution in [0.2, 0.25) is 0 Å². The number of nitrogens with zero attached hydrogens (tertiary/aromatic N) is 1. The molecule has 21 heavy (non-hydrogen) atoms. The number of hydrogen-bond acceptors (Lipinski definition) is 5. The molecule has 0 amide bonds. The van der Waals surface area contributed by atoms with Crippen molar-refractivity contribution in [1.29, 1.82) is 0 Å². The summed E-state index contributed by atoms with van der Waals surface area (Å²) in [4.78, 5) is 2.27. The van der Waals surface area contributed by atoms with Gasteiger partial charge in [0.2, 0.25) is 5.09 Å². The lowest BCUT2D eigenvalue weighted by Crippen LogP contribution is -2.43. The monoisotopic (exact) mass is 315 g/mol. The summed E-state index contributed by atoms with van der Waals surface area (Å²) in [7, 11) is 0.314. The second-order valence-electron chi connectivity index (χ2n) is 6.19. The van der Waals surface area contributed by atoms with Crippen LogP contribution in [0.5, 0.6) is 0 Å². The zero-order valence-electron chi connectivity index (χ0n) is 13.0. The smallest absolute Gasteiger partial charge is 0.273 e. The first kappa shape index (κ1) is 16.5. The molecule has 1 aromatic rings. The van der Waals surface area contributed by atoms with Crippen molar-refractivity contribution >= 4 is 10.0 Å². The number of likely N-dealkylation sites (tertiary alicyclic amines) is 1. The first-order valence-corrected chi connectivity index (χ1v) is 8.74. The number of hydrogen-bond donors (Lipinski definition) is 2. The van der Waals surface area contributed by atoms with Gasteiger partial charge in [-0.25, -0.2) is 13.1 Å². The van der Waals surface area contributed by atoms with Crippen molar-refractivity contribution in [2.75, 3.05) is 33.7 Å². The van der Waals surface area contributed by atoms with Gasteiger partial charge in [0.1, 0.15) is 5.76 Å². The molecule has 0 atom stereocenters. The van der Waals surface area contributed by atoms with E-state index in [4.69, 9.17) is 4.42 Å². The van der Waals surface area contributed by atoms with Gasteiger partial charge in [-0.05, 0) is 57.6 Å². The molecule has 1 aliphatic heterocycles. The van der Waals surface area contributed by atoms with E-state index in [2.05, 4.69) is 28.9 Å². The number of rotatable bonds is 6. The van der Waals surface area contributed by atoms with Crippen LogP contribution in [-0.2, 0) is 16.6 Å². The third-order valence-electron chi connectivity index (χ3n) is 4.14. The Morgan fingerprint density at radius 1 is 1.33 bits per heavy atom. The molecular weight excluding hydrogens is 290 g/mol. The largest absolute Gasteiger partial charge is 0.447 e. The maximum atomic E-state index is 12.3. The lowest BCUT2D eigenvalue weighted by molar-refractivity contribution is 0.143. The van der Waals surface area contributed by atoms with Gasteiger partial charge in [-0.2, -0.15) is 0 Å². The standard InChI is InChI=1S/C14H25N3O3S/c1-14(6-8-17(3)9-7-14)11-16-21(18,19)13-5-4-12(20-13)10-15-2/h4-5,15-16H,6-11H2,1-3H3. The van der Waals surface area contributed by atoms with Gasteiger partial charge in [-0.3, -0.25) is 0 Å². The predicted octanol–water partition coefficient (Wildman–Crippen LogP) is 1.01. The zero-order chi connectivity index (χ0) is 15.5. The van der Waals surface area contributed by atoms with Gasteiger partial charge in [0, 0.05) is 6.54 Å². The topological polar surface area (TPSA) is 74.6 Å². The van der Waals surface area contributed by atoms with Crippen LogP contribution in [0.15, 0.2) is 21.6 Å². The van der Waals surface area contributed by atoms with Gasteiger partial charge in [0.05, 0.1) is 6.54 Å². The van der Waals surface area contributed by atoms with Crippen molar-refractivity contribution < 1.29 is 12.8 Å². The van der Waals surface area contributed by atoms with Crippen molar-refractivity contribution in [3.05, 3.63) is 17.9 Å². The van der Waals surface area contributed by atoms with E-state index in [1.807, 2.05) is 0 Å². The Kier molecular flexibility index (Phi) is 5.08. The molecule has 6 nitrogen and oxygen atoms in total. The number of furan rings is 1. The SMILES string of the molecule is CNCc1ccc(S(=O)(=O)NCC2(C)CCN(C)CC2)o1. The van der Waals surface area contributed by atoms with Crippen LogP contribution in [-0.4, -0.2) is 47.0 Å². The van der Waals surface area contributed by atoms with Gasteiger partial charge in [-0.1, -0.05) is 6.92 Å². The van der Waals surface area contributed by atoms with Crippen molar-refractivity contribution in [1.82, 2.24) is 14.9 Å². The summed E-state index contributed by atoms with van der Waals surface area (Å²) in [5.74, 6) is 0.614. The predicted molar refractivity (Wildman–Crippen MR) is 81.5 cm³/mol. The molecule has 0 bridgehead atoms. The van der Waals surface area contributed by atoms with E-state index >= 15 is 0 Å². The van der Waals surface area contributed by atoms with E-state index in [-0.39, 0.29) is 10.5 Å². The summed E-state index contributed by atoms with van der Waals surface area (Å²) >= 11 is 0. The summed E-state index contributed by atoms with van der Waals surface area (Å²) in [6, 6.07) is 3.19. The molecular formula is C14H25N3O3S. The van der Waals surface area contributed by atoms with E-state index < -0.39 is 10.0 Å². The molecule has 0 unspecified atom stereocenters. The fourth-order valence-corrected chi connectivity index (χ4v) is 3.59. The van der Waals surface area contributed by atoms with E-state index in [9.17, 15) is 8.42 Å². The molecule has 0 radical (unpaired) electrons. The summed E-state index contributed by atoms with van der Waals surface area (Å²) in [6.45, 7) is 5.11. The lowest BCUT2D eigenvalue weighted by Gasteiger charge is -2.37. The van der Waals surface area contributed by atoms with Crippen molar-refractivity contribution in [3.8, 4) is 0 Å². The molecule has 0 spiro atoms. The van der Waals surface area contributed by atoms with E-state index in [1.54, 1.807) is 13.1 Å². The Bertz CT molecular complexity index is 560. The average molecular weight is 315 g/mol. The Morgan fingerprint density at radius 3 is 2.62 bits per heavy atom. The highest BCUT2D eigenvalue weighted by atomic mass is 32.2. The molecule has 7 heteroatoms. The minimum Gasteiger partial charge on any atom is -0.447 e. The van der Waals surface area contributed by atoms with Crippen LogP contribution in [0.25, 0.3) is 0 Å². The second kappa shape index (κ2) is 6.48. The summed E-state index contributed by atoms with van der Waals surface area (Å²) in [5.41, 5.74) is 0.0139. The normalized spacial score (nSPS) is 19.8. The third kappa shape index (κ3) is 4.29. The number of piperidine rings is 1. The second-order valence-corrected chi connectivity index (χ2v) is 7.89. The van der Waals surface area contributed by atoms with Gasteiger partial charge in [-0.15, -0.1) is 0 Å². The summed E-state index contributed by atoms with van der Waals surface area (Å²) in [6.07, 6.45) is 1.99. The molecule has 0 aromatic carbocycles. The van der Waals surface area contributed by atoms with Crippen LogP contribution in [0, 0.1) is 5.41 Å². The summed E-state index contributed by atoms with van der Waals surface area (Å²) < 4.78 is 32.6. The van der Waals surface area contributed by atoms with Crippen molar-refractivity contribution in [3.63, 3.8) is 0 Å². The molecule has 1 aromatic heterocycles. The van der Waals surface area contributed by atoms with Crippen molar-refractivity contribution in [2.24, 2.45) is 5.41 Å². The van der Waals surface area contributed by atoms with Crippen LogP contribution < -0.4 is 10.0 Å². The Labute approximate surface area is 126 Å². The minimum atomic E-state index is -3.57.